The van der Waals surface area contributed by atoms with E-state index in [1.165, 1.54) is 38.6 Å². The first-order valence-corrected chi connectivity index (χ1v) is 7.01. The molecule has 2 aliphatic carbocycles. The Bertz CT molecular complexity index is 265. The third-order valence-electron chi connectivity index (χ3n) is 4.92. The number of nitrogens with zero attached hydrogens (tertiary/aromatic N) is 2. The number of nitrogens with two attached hydrogens (primary N) is 1. The zero-order chi connectivity index (χ0) is 12.7. The SMILES string of the molecule is CN(CC(C)(N)C1CC1)CC1(N(C)C)CCC1. The van der Waals surface area contributed by atoms with E-state index in [1.807, 2.05) is 0 Å². The van der Waals surface area contributed by atoms with Gasteiger partial charge in [-0.3, -0.25) is 0 Å². The molecule has 1 atom stereocenters. The third-order valence-corrected chi connectivity index (χ3v) is 4.92. The first-order valence-electron chi connectivity index (χ1n) is 7.01. The minimum Gasteiger partial charge on any atom is -0.324 e. The Kier molecular flexibility index (Phi) is 3.54. The molecule has 0 saturated heterocycles. The molecule has 2 N–H and O–H groups in total. The van der Waals surface area contributed by atoms with Gasteiger partial charge in [-0.05, 0) is 66.1 Å². The van der Waals surface area contributed by atoms with Crippen LogP contribution in [-0.4, -0.2) is 55.1 Å². The second-order valence-electron chi connectivity index (χ2n) is 6.92. The van der Waals surface area contributed by atoms with Crippen LogP contribution in [0, 0.1) is 5.92 Å². The van der Waals surface area contributed by atoms with Crippen LogP contribution in [0.2, 0.25) is 0 Å². The molecule has 0 bridgehead atoms. The van der Waals surface area contributed by atoms with Gasteiger partial charge in [0.25, 0.3) is 0 Å². The molecular formula is C14H29N3. The van der Waals surface area contributed by atoms with Gasteiger partial charge in [-0.1, -0.05) is 0 Å². The lowest BCUT2D eigenvalue weighted by molar-refractivity contribution is 0.0221. The summed E-state index contributed by atoms with van der Waals surface area (Å²) in [6.45, 7) is 4.43. The maximum atomic E-state index is 6.42. The van der Waals surface area contributed by atoms with E-state index in [2.05, 4.69) is 37.9 Å². The molecule has 1 unspecified atom stereocenters. The molecule has 0 aromatic carbocycles. The summed E-state index contributed by atoms with van der Waals surface area (Å²) in [7, 11) is 6.67. The van der Waals surface area contributed by atoms with Gasteiger partial charge in [-0.25, -0.2) is 0 Å². The molecule has 0 aromatic heterocycles. The van der Waals surface area contributed by atoms with Crippen molar-refractivity contribution in [3.63, 3.8) is 0 Å². The van der Waals surface area contributed by atoms with Gasteiger partial charge in [0, 0.05) is 24.2 Å². The molecule has 17 heavy (non-hydrogen) atoms. The topological polar surface area (TPSA) is 32.5 Å². The van der Waals surface area contributed by atoms with Crippen LogP contribution in [0.1, 0.15) is 39.0 Å². The van der Waals surface area contributed by atoms with E-state index >= 15 is 0 Å². The molecule has 0 amide bonds. The second-order valence-corrected chi connectivity index (χ2v) is 6.92. The molecule has 0 spiro atoms. The summed E-state index contributed by atoms with van der Waals surface area (Å²) in [4.78, 5) is 4.87. The molecule has 0 heterocycles. The van der Waals surface area contributed by atoms with Crippen molar-refractivity contribution in [2.75, 3.05) is 34.2 Å². The highest BCUT2D eigenvalue weighted by Gasteiger charge is 2.43. The van der Waals surface area contributed by atoms with Crippen molar-refractivity contribution in [2.45, 2.75) is 50.1 Å². The summed E-state index contributed by atoms with van der Waals surface area (Å²) in [5, 5.41) is 0. The van der Waals surface area contributed by atoms with Crippen molar-refractivity contribution >= 4 is 0 Å². The third kappa shape index (κ3) is 2.83. The van der Waals surface area contributed by atoms with Gasteiger partial charge in [-0.2, -0.15) is 0 Å². The van der Waals surface area contributed by atoms with Crippen molar-refractivity contribution < 1.29 is 0 Å². The number of rotatable bonds is 6. The fourth-order valence-corrected chi connectivity index (χ4v) is 3.34. The maximum Gasteiger partial charge on any atom is 0.0330 e. The van der Waals surface area contributed by atoms with E-state index < -0.39 is 0 Å². The van der Waals surface area contributed by atoms with Gasteiger partial charge < -0.3 is 15.5 Å². The van der Waals surface area contributed by atoms with E-state index in [1.54, 1.807) is 0 Å². The van der Waals surface area contributed by atoms with Crippen LogP contribution < -0.4 is 5.73 Å². The Morgan fingerprint density at radius 3 is 2.18 bits per heavy atom. The predicted molar refractivity (Wildman–Crippen MR) is 73.1 cm³/mol. The molecule has 100 valence electrons. The van der Waals surface area contributed by atoms with Crippen LogP contribution in [0.4, 0.5) is 0 Å². The normalized spacial score (nSPS) is 27.0. The molecule has 2 aliphatic rings. The standard InChI is InChI=1S/C14H29N3/c1-13(15,12-6-7-12)10-17(4)11-14(16(2)3)8-5-9-14/h12H,5-11,15H2,1-4H3. The van der Waals surface area contributed by atoms with Crippen molar-refractivity contribution in [2.24, 2.45) is 11.7 Å². The number of hydrogen-bond donors (Lipinski definition) is 1. The van der Waals surface area contributed by atoms with Gasteiger partial charge in [0.15, 0.2) is 0 Å². The average Bonchev–Trinajstić information content (AvgIpc) is 2.92. The van der Waals surface area contributed by atoms with Gasteiger partial charge in [-0.15, -0.1) is 0 Å². The summed E-state index contributed by atoms with van der Waals surface area (Å²) in [5.74, 6) is 0.765. The van der Waals surface area contributed by atoms with E-state index in [0.29, 0.717) is 5.54 Å². The molecule has 0 aromatic rings. The predicted octanol–water partition coefficient (Wildman–Crippen LogP) is 1.53. The average molecular weight is 239 g/mol. The highest BCUT2D eigenvalue weighted by molar-refractivity contribution is 5.01. The maximum absolute atomic E-state index is 6.42. The Labute approximate surface area is 106 Å². The number of hydrogen-bond acceptors (Lipinski definition) is 3. The molecule has 3 heteroatoms. The summed E-state index contributed by atoms with van der Waals surface area (Å²) in [5.41, 5.74) is 6.87. The summed E-state index contributed by atoms with van der Waals surface area (Å²) in [6, 6.07) is 0. The van der Waals surface area contributed by atoms with Gasteiger partial charge in [0.05, 0.1) is 0 Å². The zero-order valence-electron chi connectivity index (χ0n) is 12.0. The van der Waals surface area contributed by atoms with Crippen LogP contribution in [0.3, 0.4) is 0 Å². The highest BCUT2D eigenvalue weighted by Crippen LogP contribution is 2.40. The van der Waals surface area contributed by atoms with Gasteiger partial charge in [0.1, 0.15) is 0 Å². The highest BCUT2D eigenvalue weighted by atomic mass is 15.2. The second kappa shape index (κ2) is 4.52. The molecular weight excluding hydrogens is 210 g/mol. The molecule has 2 fully saturated rings. The van der Waals surface area contributed by atoms with E-state index in [-0.39, 0.29) is 5.54 Å². The molecule has 2 rings (SSSR count). The first-order chi connectivity index (χ1) is 7.86. The van der Waals surface area contributed by atoms with E-state index in [4.69, 9.17) is 5.73 Å². The molecule has 3 nitrogen and oxygen atoms in total. The van der Waals surface area contributed by atoms with Crippen LogP contribution in [-0.2, 0) is 0 Å². The van der Waals surface area contributed by atoms with Crippen LogP contribution >= 0.6 is 0 Å². The van der Waals surface area contributed by atoms with Gasteiger partial charge in [0.2, 0.25) is 0 Å². The van der Waals surface area contributed by atoms with E-state index in [9.17, 15) is 0 Å². The Morgan fingerprint density at radius 2 is 1.82 bits per heavy atom. The van der Waals surface area contributed by atoms with Crippen molar-refractivity contribution in [1.82, 2.24) is 9.80 Å². The summed E-state index contributed by atoms with van der Waals surface area (Å²) < 4.78 is 0. The Hall–Kier alpha value is -0.120. The van der Waals surface area contributed by atoms with Crippen LogP contribution in [0.25, 0.3) is 0 Å². The lowest BCUT2D eigenvalue weighted by Gasteiger charge is -2.50. The molecule has 0 radical (unpaired) electrons. The fraction of sp³-hybridized carbons (Fsp3) is 1.00. The summed E-state index contributed by atoms with van der Waals surface area (Å²) >= 11 is 0. The monoisotopic (exact) mass is 239 g/mol. The molecule has 2 saturated carbocycles. The first kappa shape index (κ1) is 13.3. The van der Waals surface area contributed by atoms with Gasteiger partial charge >= 0.3 is 0 Å². The zero-order valence-corrected chi connectivity index (χ0v) is 12.0. The van der Waals surface area contributed by atoms with E-state index in [0.717, 1.165) is 12.5 Å². The van der Waals surface area contributed by atoms with Crippen LogP contribution in [0.5, 0.6) is 0 Å². The lowest BCUT2D eigenvalue weighted by atomic mass is 9.75. The molecule has 0 aliphatic heterocycles. The Morgan fingerprint density at radius 1 is 1.24 bits per heavy atom. The van der Waals surface area contributed by atoms with Crippen molar-refractivity contribution in [3.8, 4) is 0 Å². The number of likely N-dealkylation sites (N-methyl/N-ethyl adjacent to an activating group) is 2. The Balaban J connectivity index is 1.85. The fourth-order valence-electron chi connectivity index (χ4n) is 3.34. The van der Waals surface area contributed by atoms with Crippen molar-refractivity contribution in [3.05, 3.63) is 0 Å². The smallest absolute Gasteiger partial charge is 0.0330 e. The summed E-state index contributed by atoms with van der Waals surface area (Å²) in [6.07, 6.45) is 6.73. The van der Waals surface area contributed by atoms with Crippen molar-refractivity contribution in [1.29, 1.82) is 0 Å². The van der Waals surface area contributed by atoms with Crippen LogP contribution in [0.15, 0.2) is 0 Å². The minimum atomic E-state index is 0.0198. The minimum absolute atomic E-state index is 0.0198. The lowest BCUT2D eigenvalue weighted by Crippen LogP contribution is -2.59. The quantitative estimate of drug-likeness (QED) is 0.763. The largest absolute Gasteiger partial charge is 0.324 e.